The molecule has 0 spiro atoms. The van der Waals surface area contributed by atoms with Gasteiger partial charge in [-0.25, -0.2) is 22.5 Å². The van der Waals surface area contributed by atoms with E-state index in [1.165, 1.54) is 26.4 Å². The Kier molecular flexibility index (Phi) is 7.63. The van der Waals surface area contributed by atoms with Gasteiger partial charge >= 0.3 is 0 Å². The van der Waals surface area contributed by atoms with Crippen LogP contribution >= 0.6 is 0 Å². The largest absolute Gasteiger partial charge is 0.494 e. The van der Waals surface area contributed by atoms with Crippen molar-refractivity contribution >= 4 is 27.5 Å². The minimum atomic E-state index is -3.84. The lowest BCUT2D eigenvalue weighted by molar-refractivity contribution is 0.144. The van der Waals surface area contributed by atoms with Crippen molar-refractivity contribution in [3.63, 3.8) is 0 Å². The van der Waals surface area contributed by atoms with E-state index in [1.807, 2.05) is 0 Å². The normalized spacial score (nSPS) is 14.9. The number of hydrogen-bond acceptors (Lipinski definition) is 9. The molecule has 3 aromatic rings. The highest BCUT2D eigenvalue weighted by molar-refractivity contribution is 7.89. The van der Waals surface area contributed by atoms with Crippen LogP contribution in [0.25, 0.3) is 11.1 Å². The molecule has 0 radical (unpaired) electrons. The molecule has 12 heteroatoms. The summed E-state index contributed by atoms with van der Waals surface area (Å²) in [5.41, 5.74) is 1.78. The van der Waals surface area contributed by atoms with Crippen molar-refractivity contribution in [1.82, 2.24) is 14.7 Å². The summed E-state index contributed by atoms with van der Waals surface area (Å²) in [6, 6.07) is 9.23. The van der Waals surface area contributed by atoms with E-state index < -0.39 is 15.8 Å². The molecule has 1 aliphatic rings. The predicted molar refractivity (Wildman–Crippen MR) is 129 cm³/mol. The van der Waals surface area contributed by atoms with Crippen molar-refractivity contribution in [3.8, 4) is 22.6 Å². The Balaban J connectivity index is 1.71. The zero-order valence-electron chi connectivity index (χ0n) is 19.3. The molecule has 1 aromatic heterocycles. The highest BCUT2D eigenvalue weighted by atomic mass is 32.2. The number of methoxy groups -OCH3 is 2. The van der Waals surface area contributed by atoms with Crippen LogP contribution in [0, 0.1) is 5.82 Å². The van der Waals surface area contributed by atoms with Crippen LogP contribution in [0.15, 0.2) is 47.5 Å². The Bertz CT molecular complexity index is 1310. The molecule has 186 valence electrons. The van der Waals surface area contributed by atoms with Crippen LogP contribution in [-0.4, -0.2) is 58.9 Å². The number of benzene rings is 2. The fraction of sp³-hybridized carbons (Fsp3) is 0.304. The second-order valence-corrected chi connectivity index (χ2v) is 9.35. The fourth-order valence-corrected chi connectivity index (χ4v) is 4.72. The maximum absolute atomic E-state index is 13.9. The molecular weight excluding hydrogens is 477 g/mol. The Labute approximate surface area is 202 Å². The van der Waals surface area contributed by atoms with E-state index in [4.69, 9.17) is 14.2 Å². The molecule has 4 bridgehead atoms. The van der Waals surface area contributed by atoms with Crippen LogP contribution in [0.4, 0.5) is 21.8 Å². The topological polar surface area (TPSA) is 124 Å². The first-order valence-electron chi connectivity index (χ1n) is 10.9. The van der Waals surface area contributed by atoms with Gasteiger partial charge in [0, 0.05) is 37.6 Å². The lowest BCUT2D eigenvalue weighted by atomic mass is 10.1. The van der Waals surface area contributed by atoms with E-state index in [2.05, 4.69) is 25.3 Å². The van der Waals surface area contributed by atoms with Gasteiger partial charge in [-0.2, -0.15) is 4.98 Å². The van der Waals surface area contributed by atoms with Crippen LogP contribution in [0.3, 0.4) is 0 Å². The first-order chi connectivity index (χ1) is 16.9. The Morgan fingerprint density at radius 2 is 1.91 bits per heavy atom. The summed E-state index contributed by atoms with van der Waals surface area (Å²) < 4.78 is 58.2. The monoisotopic (exact) mass is 503 g/mol. The van der Waals surface area contributed by atoms with Crippen molar-refractivity contribution in [2.75, 3.05) is 51.2 Å². The number of hydrogen-bond donors (Lipinski definition) is 3. The molecule has 2 heterocycles. The van der Waals surface area contributed by atoms with Crippen molar-refractivity contribution in [3.05, 3.63) is 48.4 Å². The second-order valence-electron chi connectivity index (χ2n) is 7.61. The fourth-order valence-electron chi connectivity index (χ4n) is 3.47. The molecule has 0 saturated carbocycles. The number of nitrogens with zero attached hydrogens (tertiary/aromatic N) is 2. The van der Waals surface area contributed by atoms with Gasteiger partial charge in [0.05, 0.1) is 13.7 Å². The van der Waals surface area contributed by atoms with Crippen LogP contribution in [-0.2, 0) is 14.8 Å². The molecule has 0 fully saturated rings. The molecule has 0 amide bonds. The molecule has 10 nitrogen and oxygen atoms in total. The zero-order valence-corrected chi connectivity index (χ0v) is 20.1. The van der Waals surface area contributed by atoms with Crippen LogP contribution < -0.4 is 24.8 Å². The maximum atomic E-state index is 13.9. The molecular formula is C23H26FN5O5S. The molecule has 0 aliphatic carbocycles. The summed E-state index contributed by atoms with van der Waals surface area (Å²) in [6.07, 6.45) is 2.10. The average Bonchev–Trinajstić information content (AvgIpc) is 2.85. The van der Waals surface area contributed by atoms with Gasteiger partial charge in [-0.1, -0.05) is 6.07 Å². The van der Waals surface area contributed by atoms with Gasteiger partial charge in [0.15, 0.2) is 11.6 Å². The van der Waals surface area contributed by atoms with Gasteiger partial charge in [-0.05, 0) is 42.3 Å². The number of sulfonamides is 1. The summed E-state index contributed by atoms with van der Waals surface area (Å²) in [7, 11) is -0.903. The third-order valence-corrected chi connectivity index (χ3v) is 6.71. The molecule has 3 N–H and O–H groups in total. The quantitative estimate of drug-likeness (QED) is 0.435. The van der Waals surface area contributed by atoms with Crippen molar-refractivity contribution in [2.45, 2.75) is 11.3 Å². The highest BCUT2D eigenvalue weighted by Gasteiger charge is 2.21. The van der Waals surface area contributed by atoms with E-state index in [9.17, 15) is 12.8 Å². The van der Waals surface area contributed by atoms with Gasteiger partial charge < -0.3 is 24.8 Å². The number of aromatic nitrogens is 2. The third kappa shape index (κ3) is 5.78. The van der Waals surface area contributed by atoms with Crippen molar-refractivity contribution in [2.24, 2.45) is 0 Å². The minimum absolute atomic E-state index is 0.000981. The van der Waals surface area contributed by atoms with Gasteiger partial charge in [-0.3, -0.25) is 0 Å². The van der Waals surface area contributed by atoms with Crippen LogP contribution in [0.2, 0.25) is 0 Å². The number of anilines is 3. The highest BCUT2D eigenvalue weighted by Crippen LogP contribution is 2.33. The smallest absolute Gasteiger partial charge is 0.244 e. The minimum Gasteiger partial charge on any atom is -0.494 e. The van der Waals surface area contributed by atoms with Gasteiger partial charge in [0.25, 0.3) is 0 Å². The molecule has 0 unspecified atom stereocenters. The summed E-state index contributed by atoms with van der Waals surface area (Å²) in [4.78, 5) is 8.96. The number of fused-ring (bicyclic) bond motifs is 4. The Morgan fingerprint density at radius 3 is 2.71 bits per heavy atom. The van der Waals surface area contributed by atoms with Gasteiger partial charge in [0.2, 0.25) is 16.0 Å². The van der Waals surface area contributed by atoms with E-state index in [-0.39, 0.29) is 35.5 Å². The zero-order chi connectivity index (χ0) is 24.8. The lowest BCUT2D eigenvalue weighted by Gasteiger charge is -2.15. The van der Waals surface area contributed by atoms with Crippen LogP contribution in [0.5, 0.6) is 11.5 Å². The number of halogens is 1. The maximum Gasteiger partial charge on any atom is 0.244 e. The summed E-state index contributed by atoms with van der Waals surface area (Å²) >= 11 is 0. The first kappa shape index (κ1) is 24.6. The summed E-state index contributed by atoms with van der Waals surface area (Å²) in [5.74, 6) is 0.625. The molecule has 2 aromatic carbocycles. The Hall–Kier alpha value is -3.48. The molecule has 0 atom stereocenters. The van der Waals surface area contributed by atoms with E-state index in [0.29, 0.717) is 42.2 Å². The summed E-state index contributed by atoms with van der Waals surface area (Å²) in [5, 5.41) is 6.27. The number of rotatable bonds is 6. The number of ether oxygens (including phenoxy) is 3. The first-order valence-corrected chi connectivity index (χ1v) is 12.4. The molecule has 0 saturated heterocycles. The second kappa shape index (κ2) is 10.8. The molecule has 1 aliphatic heterocycles. The van der Waals surface area contributed by atoms with E-state index in [0.717, 1.165) is 0 Å². The average molecular weight is 504 g/mol. The van der Waals surface area contributed by atoms with Crippen molar-refractivity contribution in [1.29, 1.82) is 0 Å². The third-order valence-electron chi connectivity index (χ3n) is 5.22. The summed E-state index contributed by atoms with van der Waals surface area (Å²) in [6.45, 7) is 1.15. The van der Waals surface area contributed by atoms with Crippen molar-refractivity contribution < 1.29 is 27.0 Å². The predicted octanol–water partition coefficient (Wildman–Crippen LogP) is 3.15. The van der Waals surface area contributed by atoms with Gasteiger partial charge in [0.1, 0.15) is 23.1 Å². The standard InChI is InChI=1S/C23H26FN5O5S/c1-32-10-11-34-19-7-5-16-13-21(19)35(30,31)27-9-3-8-25-22-17(14-26-23(28-16)29-22)15-4-6-18(24)20(12-15)33-2/h4-7,12-14,27H,3,8-11H2,1-2H3,(H2,25,26,28,29). The molecule has 35 heavy (non-hydrogen) atoms. The SMILES string of the molecule is COCCOc1ccc2cc1S(=O)(=O)NCCCNc1nc(ncc1-c1ccc(F)c(OC)c1)N2. The number of nitrogens with one attached hydrogen (secondary N) is 3. The lowest BCUT2D eigenvalue weighted by Crippen LogP contribution is -2.26. The molecule has 4 rings (SSSR count). The Morgan fingerprint density at radius 1 is 1.06 bits per heavy atom. The van der Waals surface area contributed by atoms with Gasteiger partial charge in [-0.15, -0.1) is 0 Å². The van der Waals surface area contributed by atoms with Crippen LogP contribution in [0.1, 0.15) is 6.42 Å². The van der Waals surface area contributed by atoms with E-state index in [1.54, 1.807) is 30.5 Å². The van der Waals surface area contributed by atoms with E-state index >= 15 is 0 Å².